The third-order valence-electron chi connectivity index (χ3n) is 3.20. The molecule has 1 N–H and O–H groups in total. The fraction of sp³-hybridized carbons (Fsp3) is 0.727. The normalized spacial score (nSPS) is 33.3. The first-order valence-electron chi connectivity index (χ1n) is 5.32. The summed E-state index contributed by atoms with van der Waals surface area (Å²) < 4.78 is 0. The van der Waals surface area contributed by atoms with Crippen molar-refractivity contribution < 1.29 is 4.79 Å². The Kier molecular flexibility index (Phi) is 2.38. The number of ketones is 1. The van der Waals surface area contributed by atoms with Crippen molar-refractivity contribution in [3.8, 4) is 0 Å². The minimum atomic E-state index is 0.282. The van der Waals surface area contributed by atoms with Gasteiger partial charge in [0.1, 0.15) is 0 Å². The van der Waals surface area contributed by atoms with E-state index in [1.54, 1.807) is 0 Å². The second-order valence-electron chi connectivity index (χ2n) is 4.07. The molecule has 0 saturated heterocycles. The van der Waals surface area contributed by atoms with Gasteiger partial charge >= 0.3 is 0 Å². The first kappa shape index (κ1) is 8.79. The minimum absolute atomic E-state index is 0.282. The number of rotatable bonds is 1. The number of carbonyl (C=O) groups excluding carboxylic acids is 1. The number of hydrogen-bond acceptors (Lipinski definition) is 2. The van der Waals surface area contributed by atoms with E-state index < -0.39 is 0 Å². The van der Waals surface area contributed by atoms with Crippen molar-refractivity contribution >= 4 is 5.78 Å². The van der Waals surface area contributed by atoms with Crippen LogP contribution in [0, 0.1) is 5.92 Å². The molecule has 0 radical (unpaired) electrons. The molecule has 2 unspecified atom stereocenters. The van der Waals surface area contributed by atoms with Crippen LogP contribution in [0.25, 0.3) is 0 Å². The number of carbonyl (C=O) groups is 1. The topological polar surface area (TPSA) is 29.1 Å². The Hall–Kier alpha value is -0.790. The van der Waals surface area contributed by atoms with Gasteiger partial charge in [0, 0.05) is 23.7 Å². The van der Waals surface area contributed by atoms with Crippen LogP contribution in [0.4, 0.5) is 0 Å². The molecule has 72 valence electrons. The molecule has 1 saturated carbocycles. The standard InChI is InChI=1S/C11H17NO/c1-2-8-7-11(13)9-5-3-4-6-10(9)12-8/h7,9-10,12H,2-6H2,1H3. The van der Waals surface area contributed by atoms with Gasteiger partial charge in [0.2, 0.25) is 0 Å². The summed E-state index contributed by atoms with van der Waals surface area (Å²) in [5, 5.41) is 3.48. The molecule has 2 heteroatoms. The van der Waals surface area contributed by atoms with Gasteiger partial charge in [0.05, 0.1) is 0 Å². The van der Waals surface area contributed by atoms with Crippen molar-refractivity contribution in [1.29, 1.82) is 0 Å². The highest BCUT2D eigenvalue weighted by Gasteiger charge is 2.32. The van der Waals surface area contributed by atoms with Crippen LogP contribution in [-0.4, -0.2) is 11.8 Å². The zero-order valence-electron chi connectivity index (χ0n) is 8.18. The van der Waals surface area contributed by atoms with Gasteiger partial charge in [-0.25, -0.2) is 0 Å². The SMILES string of the molecule is CCC1=CC(=O)C2CCCCC2N1. The Morgan fingerprint density at radius 3 is 3.00 bits per heavy atom. The van der Waals surface area contributed by atoms with Crippen molar-refractivity contribution in [3.05, 3.63) is 11.8 Å². The molecule has 2 rings (SSSR count). The molecule has 0 spiro atoms. The van der Waals surface area contributed by atoms with E-state index in [0.29, 0.717) is 11.8 Å². The molecule has 2 aliphatic rings. The maximum Gasteiger partial charge on any atom is 0.162 e. The third-order valence-corrected chi connectivity index (χ3v) is 3.20. The highest BCUT2D eigenvalue weighted by atomic mass is 16.1. The largest absolute Gasteiger partial charge is 0.385 e. The fourth-order valence-electron chi connectivity index (χ4n) is 2.41. The van der Waals surface area contributed by atoms with E-state index in [1.807, 2.05) is 6.08 Å². The summed E-state index contributed by atoms with van der Waals surface area (Å²) in [6.45, 7) is 2.09. The van der Waals surface area contributed by atoms with Crippen molar-refractivity contribution in [2.75, 3.05) is 0 Å². The van der Waals surface area contributed by atoms with Crippen LogP contribution >= 0.6 is 0 Å². The Morgan fingerprint density at radius 2 is 2.23 bits per heavy atom. The van der Waals surface area contributed by atoms with E-state index in [0.717, 1.165) is 18.5 Å². The van der Waals surface area contributed by atoms with Gasteiger partial charge < -0.3 is 5.32 Å². The maximum atomic E-state index is 11.7. The first-order valence-corrected chi connectivity index (χ1v) is 5.32. The fourth-order valence-corrected chi connectivity index (χ4v) is 2.41. The summed E-state index contributed by atoms with van der Waals surface area (Å²) >= 11 is 0. The molecular weight excluding hydrogens is 162 g/mol. The van der Waals surface area contributed by atoms with Gasteiger partial charge in [-0.2, -0.15) is 0 Å². The van der Waals surface area contributed by atoms with Gasteiger partial charge in [0.15, 0.2) is 5.78 Å². The van der Waals surface area contributed by atoms with E-state index in [9.17, 15) is 4.79 Å². The highest BCUT2D eigenvalue weighted by molar-refractivity contribution is 5.93. The Bertz CT molecular complexity index is 244. The van der Waals surface area contributed by atoms with Crippen LogP contribution in [0.2, 0.25) is 0 Å². The molecule has 1 fully saturated rings. The lowest BCUT2D eigenvalue weighted by molar-refractivity contribution is -0.120. The average Bonchev–Trinajstić information content (AvgIpc) is 2.18. The summed E-state index contributed by atoms with van der Waals surface area (Å²) in [4.78, 5) is 11.7. The van der Waals surface area contributed by atoms with Gasteiger partial charge in [0.25, 0.3) is 0 Å². The summed E-state index contributed by atoms with van der Waals surface area (Å²) in [5.74, 6) is 0.643. The predicted molar refractivity (Wildman–Crippen MR) is 52.3 cm³/mol. The second-order valence-corrected chi connectivity index (χ2v) is 4.07. The molecule has 1 aliphatic heterocycles. The molecule has 0 aromatic rings. The summed E-state index contributed by atoms with van der Waals surface area (Å²) in [6, 6.07) is 0.446. The highest BCUT2D eigenvalue weighted by Crippen LogP contribution is 2.29. The van der Waals surface area contributed by atoms with Gasteiger partial charge in [-0.3, -0.25) is 4.79 Å². The lowest BCUT2D eigenvalue weighted by atomic mass is 9.79. The number of allylic oxidation sites excluding steroid dienone is 2. The van der Waals surface area contributed by atoms with E-state index in [-0.39, 0.29) is 5.92 Å². The maximum absolute atomic E-state index is 11.7. The van der Waals surface area contributed by atoms with Crippen LogP contribution in [-0.2, 0) is 4.79 Å². The van der Waals surface area contributed by atoms with Crippen molar-refractivity contribution in [2.24, 2.45) is 5.92 Å². The quantitative estimate of drug-likeness (QED) is 0.667. The lowest BCUT2D eigenvalue weighted by Gasteiger charge is -2.35. The zero-order chi connectivity index (χ0) is 9.26. The van der Waals surface area contributed by atoms with Crippen LogP contribution in [0.15, 0.2) is 11.8 Å². The molecule has 2 atom stereocenters. The summed E-state index contributed by atoms with van der Waals surface area (Å²) in [7, 11) is 0. The van der Waals surface area contributed by atoms with E-state index in [2.05, 4.69) is 12.2 Å². The number of fused-ring (bicyclic) bond motifs is 1. The van der Waals surface area contributed by atoms with Gasteiger partial charge in [-0.15, -0.1) is 0 Å². The van der Waals surface area contributed by atoms with Gasteiger partial charge in [-0.05, 0) is 19.3 Å². The minimum Gasteiger partial charge on any atom is -0.385 e. The Balaban J connectivity index is 2.15. The smallest absolute Gasteiger partial charge is 0.162 e. The van der Waals surface area contributed by atoms with Crippen LogP contribution in [0.3, 0.4) is 0 Å². The molecule has 1 aliphatic carbocycles. The number of nitrogens with one attached hydrogen (secondary N) is 1. The molecule has 0 aromatic heterocycles. The van der Waals surface area contributed by atoms with Crippen molar-refractivity contribution in [3.63, 3.8) is 0 Å². The van der Waals surface area contributed by atoms with E-state index in [4.69, 9.17) is 0 Å². The molecule has 0 aromatic carbocycles. The van der Waals surface area contributed by atoms with Crippen LogP contribution in [0.1, 0.15) is 39.0 Å². The summed E-state index contributed by atoms with van der Waals surface area (Å²) in [6.07, 6.45) is 7.53. The monoisotopic (exact) mass is 179 g/mol. The second kappa shape index (κ2) is 3.52. The van der Waals surface area contributed by atoms with Crippen molar-refractivity contribution in [1.82, 2.24) is 5.32 Å². The average molecular weight is 179 g/mol. The Labute approximate surface area is 79.4 Å². The molecule has 2 nitrogen and oxygen atoms in total. The lowest BCUT2D eigenvalue weighted by Crippen LogP contribution is -2.44. The molecule has 13 heavy (non-hydrogen) atoms. The van der Waals surface area contributed by atoms with Gasteiger partial charge in [-0.1, -0.05) is 19.8 Å². The molecule has 0 amide bonds. The summed E-state index contributed by atoms with van der Waals surface area (Å²) in [5.41, 5.74) is 1.13. The molecular formula is C11H17NO. The molecule has 1 heterocycles. The first-order chi connectivity index (χ1) is 6.31. The van der Waals surface area contributed by atoms with E-state index in [1.165, 1.54) is 19.3 Å². The predicted octanol–water partition coefficient (Wildman–Crippen LogP) is 2.01. The third kappa shape index (κ3) is 1.62. The van der Waals surface area contributed by atoms with Crippen LogP contribution < -0.4 is 5.32 Å². The Morgan fingerprint density at radius 1 is 1.46 bits per heavy atom. The number of hydrogen-bond donors (Lipinski definition) is 1. The van der Waals surface area contributed by atoms with Crippen LogP contribution in [0.5, 0.6) is 0 Å². The van der Waals surface area contributed by atoms with E-state index >= 15 is 0 Å². The van der Waals surface area contributed by atoms with Crippen molar-refractivity contribution in [2.45, 2.75) is 45.1 Å². The zero-order valence-corrected chi connectivity index (χ0v) is 8.18. The molecule has 0 bridgehead atoms.